The lowest BCUT2D eigenvalue weighted by atomic mass is 9.96. The Morgan fingerprint density at radius 3 is 2.16 bits per heavy atom. The van der Waals surface area contributed by atoms with Crippen LogP contribution in [0.15, 0.2) is 18.2 Å². The number of carbonyl (C=O) groups excluding carboxylic acids is 1. The molecule has 0 heterocycles. The number of benzene rings is 1. The van der Waals surface area contributed by atoms with E-state index in [2.05, 4.69) is 5.32 Å². The third-order valence-electron chi connectivity index (χ3n) is 2.73. The Balaban J connectivity index is 2.72. The smallest absolute Gasteiger partial charge is 0.308 e. The summed E-state index contributed by atoms with van der Waals surface area (Å²) in [5, 5.41) is 11.3. The molecule has 0 aliphatic heterocycles. The van der Waals surface area contributed by atoms with E-state index < -0.39 is 29.4 Å². The summed E-state index contributed by atoms with van der Waals surface area (Å²) in [5.74, 6) is -4.36. The van der Waals surface area contributed by atoms with Crippen molar-refractivity contribution < 1.29 is 23.5 Å². The molecule has 1 aromatic rings. The highest BCUT2D eigenvalue weighted by atomic mass is 19.1. The highest BCUT2D eigenvalue weighted by Crippen LogP contribution is 2.11. The zero-order valence-corrected chi connectivity index (χ0v) is 10.6. The highest BCUT2D eigenvalue weighted by molar-refractivity contribution is 5.94. The van der Waals surface area contributed by atoms with E-state index in [1.165, 1.54) is 0 Å². The van der Waals surface area contributed by atoms with Crippen LogP contribution < -0.4 is 5.32 Å². The van der Waals surface area contributed by atoms with Crippen LogP contribution in [0.3, 0.4) is 0 Å². The lowest BCUT2D eigenvalue weighted by Gasteiger charge is -2.16. The third kappa shape index (κ3) is 4.31. The maximum atomic E-state index is 12.9. The molecule has 0 fully saturated rings. The Labute approximate surface area is 109 Å². The van der Waals surface area contributed by atoms with Gasteiger partial charge in [-0.1, -0.05) is 13.8 Å². The van der Waals surface area contributed by atoms with Gasteiger partial charge >= 0.3 is 5.97 Å². The fourth-order valence-electron chi connectivity index (χ4n) is 1.60. The molecule has 0 saturated carbocycles. The number of carboxylic acids is 1. The van der Waals surface area contributed by atoms with Crippen molar-refractivity contribution in [1.82, 2.24) is 5.32 Å². The van der Waals surface area contributed by atoms with E-state index >= 15 is 0 Å². The van der Waals surface area contributed by atoms with Gasteiger partial charge in [0.2, 0.25) is 0 Å². The van der Waals surface area contributed by atoms with Crippen molar-refractivity contribution in [3.8, 4) is 0 Å². The molecule has 104 valence electrons. The van der Waals surface area contributed by atoms with Crippen molar-refractivity contribution in [1.29, 1.82) is 0 Å². The van der Waals surface area contributed by atoms with Crippen molar-refractivity contribution in [2.75, 3.05) is 6.54 Å². The number of hydrogen-bond acceptors (Lipinski definition) is 2. The second-order valence-electron chi connectivity index (χ2n) is 4.56. The number of carboxylic acid groups (broad SMARTS) is 1. The quantitative estimate of drug-likeness (QED) is 0.861. The van der Waals surface area contributed by atoms with Crippen molar-refractivity contribution in [2.24, 2.45) is 11.8 Å². The number of aliphatic carboxylic acids is 1. The van der Waals surface area contributed by atoms with Crippen molar-refractivity contribution in [3.63, 3.8) is 0 Å². The van der Waals surface area contributed by atoms with Crippen LogP contribution in [0.25, 0.3) is 0 Å². The van der Waals surface area contributed by atoms with Gasteiger partial charge in [-0.05, 0) is 18.1 Å². The van der Waals surface area contributed by atoms with Gasteiger partial charge in [0.1, 0.15) is 11.6 Å². The minimum atomic E-state index is -1.03. The predicted molar refractivity (Wildman–Crippen MR) is 64.7 cm³/mol. The van der Waals surface area contributed by atoms with E-state index in [1.807, 2.05) is 0 Å². The molecule has 0 saturated heterocycles. The molecule has 1 unspecified atom stereocenters. The van der Waals surface area contributed by atoms with Crippen LogP contribution in [0.5, 0.6) is 0 Å². The normalized spacial score (nSPS) is 12.3. The summed E-state index contributed by atoms with van der Waals surface area (Å²) < 4.78 is 25.9. The van der Waals surface area contributed by atoms with Crippen molar-refractivity contribution in [3.05, 3.63) is 35.4 Å². The maximum Gasteiger partial charge on any atom is 0.308 e. The van der Waals surface area contributed by atoms with Crippen molar-refractivity contribution in [2.45, 2.75) is 13.8 Å². The molecule has 6 heteroatoms. The van der Waals surface area contributed by atoms with Gasteiger partial charge in [-0.15, -0.1) is 0 Å². The average Bonchev–Trinajstić information content (AvgIpc) is 2.26. The fraction of sp³-hybridized carbons (Fsp3) is 0.385. The van der Waals surface area contributed by atoms with Gasteiger partial charge in [-0.2, -0.15) is 0 Å². The van der Waals surface area contributed by atoms with Crippen LogP contribution in [0, 0.1) is 23.5 Å². The van der Waals surface area contributed by atoms with Gasteiger partial charge in [0.25, 0.3) is 5.91 Å². The molecular weight excluding hydrogens is 256 g/mol. The number of rotatable bonds is 5. The van der Waals surface area contributed by atoms with Crippen LogP contribution in [-0.4, -0.2) is 23.5 Å². The molecule has 0 spiro atoms. The molecule has 1 aromatic carbocycles. The number of nitrogens with one attached hydrogen (secondary N) is 1. The minimum absolute atomic E-state index is 0.0933. The van der Waals surface area contributed by atoms with Gasteiger partial charge < -0.3 is 10.4 Å². The van der Waals surface area contributed by atoms with Crippen LogP contribution in [0.2, 0.25) is 0 Å². The number of carbonyl (C=O) groups is 2. The summed E-state index contributed by atoms with van der Waals surface area (Å²) >= 11 is 0. The average molecular weight is 271 g/mol. The summed E-state index contributed by atoms with van der Waals surface area (Å²) in [6.07, 6.45) is 0. The molecule has 1 amide bonds. The molecule has 0 aliphatic carbocycles. The lowest BCUT2D eigenvalue weighted by Crippen LogP contribution is -2.35. The Morgan fingerprint density at radius 1 is 1.21 bits per heavy atom. The van der Waals surface area contributed by atoms with E-state index in [1.54, 1.807) is 13.8 Å². The van der Waals surface area contributed by atoms with Gasteiger partial charge in [0, 0.05) is 18.2 Å². The lowest BCUT2D eigenvalue weighted by molar-refractivity contribution is -0.142. The van der Waals surface area contributed by atoms with Crippen molar-refractivity contribution >= 4 is 11.9 Å². The molecular formula is C13H15F2NO3. The molecule has 0 radical (unpaired) electrons. The SMILES string of the molecule is CC(C)C(CNC(=O)c1cc(F)cc(F)c1)C(=O)O. The Kier molecular flexibility index (Phi) is 4.97. The summed E-state index contributed by atoms with van der Waals surface area (Å²) in [4.78, 5) is 22.6. The zero-order chi connectivity index (χ0) is 14.6. The number of amides is 1. The Hall–Kier alpha value is -1.98. The number of halogens is 2. The molecule has 1 atom stereocenters. The fourth-order valence-corrected chi connectivity index (χ4v) is 1.60. The molecule has 0 aromatic heterocycles. The highest BCUT2D eigenvalue weighted by Gasteiger charge is 2.22. The summed E-state index contributed by atoms with van der Waals surface area (Å²) in [5.41, 5.74) is -0.176. The van der Waals surface area contributed by atoms with Crippen LogP contribution in [-0.2, 0) is 4.79 Å². The maximum absolute atomic E-state index is 12.9. The number of hydrogen-bond donors (Lipinski definition) is 2. The molecule has 0 bridgehead atoms. The largest absolute Gasteiger partial charge is 0.481 e. The summed E-state index contributed by atoms with van der Waals surface area (Å²) in [6.45, 7) is 3.34. The second kappa shape index (κ2) is 6.26. The van der Waals surface area contributed by atoms with E-state index in [0.29, 0.717) is 6.07 Å². The second-order valence-corrected chi connectivity index (χ2v) is 4.56. The monoisotopic (exact) mass is 271 g/mol. The van der Waals surface area contributed by atoms with Gasteiger partial charge in [-0.3, -0.25) is 9.59 Å². The minimum Gasteiger partial charge on any atom is -0.481 e. The first-order valence-corrected chi connectivity index (χ1v) is 5.78. The van der Waals surface area contributed by atoms with Gasteiger partial charge in [-0.25, -0.2) is 8.78 Å². The van der Waals surface area contributed by atoms with E-state index in [0.717, 1.165) is 12.1 Å². The first kappa shape index (κ1) is 15.1. The van der Waals surface area contributed by atoms with E-state index in [4.69, 9.17) is 5.11 Å². The van der Waals surface area contributed by atoms with Crippen LogP contribution in [0.4, 0.5) is 8.78 Å². The first-order valence-electron chi connectivity index (χ1n) is 5.78. The summed E-state index contributed by atoms with van der Waals surface area (Å²) in [6, 6.07) is 2.44. The molecule has 1 rings (SSSR count). The predicted octanol–water partition coefficient (Wildman–Crippen LogP) is 2.05. The molecule has 19 heavy (non-hydrogen) atoms. The zero-order valence-electron chi connectivity index (χ0n) is 10.6. The summed E-state index contributed by atoms with van der Waals surface area (Å²) in [7, 11) is 0. The van der Waals surface area contributed by atoms with Crippen LogP contribution >= 0.6 is 0 Å². The van der Waals surface area contributed by atoms with E-state index in [-0.39, 0.29) is 18.0 Å². The van der Waals surface area contributed by atoms with Gasteiger partial charge in [0.15, 0.2) is 0 Å². The topological polar surface area (TPSA) is 66.4 Å². The molecule has 0 aliphatic rings. The molecule has 4 nitrogen and oxygen atoms in total. The van der Waals surface area contributed by atoms with E-state index in [9.17, 15) is 18.4 Å². The first-order chi connectivity index (χ1) is 8.81. The molecule has 2 N–H and O–H groups in total. The Morgan fingerprint density at radius 2 is 1.74 bits per heavy atom. The Bertz CT molecular complexity index is 469. The standard InChI is InChI=1S/C13H15F2NO3/c1-7(2)11(13(18)19)6-16-12(17)8-3-9(14)5-10(15)4-8/h3-5,7,11H,6H2,1-2H3,(H,16,17)(H,18,19). The third-order valence-corrected chi connectivity index (χ3v) is 2.73. The van der Waals surface area contributed by atoms with Crippen LogP contribution in [0.1, 0.15) is 24.2 Å². The van der Waals surface area contributed by atoms with Gasteiger partial charge in [0.05, 0.1) is 5.92 Å².